The first-order valence-electron chi connectivity index (χ1n) is 33.8. The molecular formula is C76H124O6. The number of carbonyl (C=O) groups excluding carboxylic acids is 3. The van der Waals surface area contributed by atoms with Crippen LogP contribution in [0.2, 0.25) is 0 Å². The van der Waals surface area contributed by atoms with Crippen molar-refractivity contribution in [2.75, 3.05) is 13.2 Å². The maximum absolute atomic E-state index is 12.9. The molecule has 0 N–H and O–H groups in total. The van der Waals surface area contributed by atoms with Crippen molar-refractivity contribution in [3.05, 3.63) is 146 Å². The summed E-state index contributed by atoms with van der Waals surface area (Å²) < 4.78 is 16.9. The predicted molar refractivity (Wildman–Crippen MR) is 357 cm³/mol. The molecule has 1 unspecified atom stereocenters. The van der Waals surface area contributed by atoms with Crippen molar-refractivity contribution in [3.63, 3.8) is 0 Å². The van der Waals surface area contributed by atoms with Crippen LogP contribution in [-0.4, -0.2) is 37.2 Å². The molecule has 0 aromatic rings. The molecular weight excluding hydrogens is 1010 g/mol. The van der Waals surface area contributed by atoms with Gasteiger partial charge in [-0.3, -0.25) is 14.4 Å². The molecule has 1 atom stereocenters. The lowest BCUT2D eigenvalue weighted by Gasteiger charge is -2.18. The van der Waals surface area contributed by atoms with Crippen LogP contribution in [0.3, 0.4) is 0 Å². The second kappa shape index (κ2) is 68.8. The molecule has 0 aromatic carbocycles. The van der Waals surface area contributed by atoms with E-state index >= 15 is 0 Å². The van der Waals surface area contributed by atoms with Crippen LogP contribution in [0.1, 0.15) is 297 Å². The summed E-state index contributed by atoms with van der Waals surface area (Å²) in [6.45, 7) is 6.45. The summed E-state index contributed by atoms with van der Waals surface area (Å²) in [4.78, 5) is 38.3. The fourth-order valence-corrected chi connectivity index (χ4v) is 8.99. The molecule has 0 radical (unpaired) electrons. The first kappa shape index (κ1) is 77.3. The minimum atomic E-state index is -0.809. The summed E-state index contributed by atoms with van der Waals surface area (Å²) in [5.74, 6) is -0.959. The second-order valence-electron chi connectivity index (χ2n) is 22.0. The van der Waals surface area contributed by atoms with E-state index in [1.54, 1.807) is 0 Å². The Kier molecular flexibility index (Phi) is 64.8. The van der Waals surface area contributed by atoms with Crippen molar-refractivity contribution in [1.82, 2.24) is 0 Å². The van der Waals surface area contributed by atoms with Gasteiger partial charge in [-0.25, -0.2) is 0 Å². The van der Waals surface area contributed by atoms with Crippen LogP contribution in [0.15, 0.2) is 146 Å². The summed E-state index contributed by atoms with van der Waals surface area (Å²) in [6.07, 6.45) is 98.6. The number of ether oxygens (including phenoxy) is 3. The molecule has 0 amide bonds. The summed E-state index contributed by atoms with van der Waals surface area (Å²) >= 11 is 0. The lowest BCUT2D eigenvalue weighted by Crippen LogP contribution is -2.30. The van der Waals surface area contributed by atoms with Gasteiger partial charge >= 0.3 is 17.9 Å². The first-order valence-corrected chi connectivity index (χ1v) is 33.8. The smallest absolute Gasteiger partial charge is 0.306 e. The van der Waals surface area contributed by atoms with Crippen LogP contribution < -0.4 is 0 Å². The quantitative estimate of drug-likeness (QED) is 0.0261. The zero-order valence-corrected chi connectivity index (χ0v) is 53.2. The minimum absolute atomic E-state index is 0.102. The topological polar surface area (TPSA) is 78.9 Å². The zero-order valence-electron chi connectivity index (χ0n) is 53.2. The van der Waals surface area contributed by atoms with E-state index in [0.29, 0.717) is 25.7 Å². The SMILES string of the molecule is CC/C=C\C/C=C\C/C=C\C/C=C\C/C=C\C/C=C\C/C=C\C/C=C\CCCCC(=O)OCC(COC(=O)CCCCCCC/C=C\CCCCC)OC(=O)CCCCCCCCCCCC/C=C\C/C=C\C/C=C\CCCCCCC. The minimum Gasteiger partial charge on any atom is -0.462 e. The lowest BCUT2D eigenvalue weighted by molar-refractivity contribution is -0.167. The molecule has 0 saturated carbocycles. The van der Waals surface area contributed by atoms with E-state index in [-0.39, 0.29) is 31.1 Å². The largest absolute Gasteiger partial charge is 0.462 e. The predicted octanol–water partition coefficient (Wildman–Crippen LogP) is 23.5. The number of hydrogen-bond donors (Lipinski definition) is 0. The van der Waals surface area contributed by atoms with Crippen molar-refractivity contribution in [2.24, 2.45) is 0 Å². The third kappa shape index (κ3) is 66.1. The fraction of sp³-hybridized carbons (Fsp3) is 0.645. The molecule has 0 fully saturated rings. The van der Waals surface area contributed by atoms with Gasteiger partial charge in [0.15, 0.2) is 6.10 Å². The Morgan fingerprint density at radius 1 is 0.256 bits per heavy atom. The van der Waals surface area contributed by atoms with E-state index in [1.807, 2.05) is 0 Å². The third-order valence-electron chi connectivity index (χ3n) is 14.0. The van der Waals surface area contributed by atoms with Crippen molar-refractivity contribution >= 4 is 17.9 Å². The number of esters is 3. The Morgan fingerprint density at radius 3 is 0.805 bits per heavy atom. The van der Waals surface area contributed by atoms with Crippen LogP contribution in [0.5, 0.6) is 0 Å². The standard InChI is InChI=1S/C76H124O6/c1-4-7-10-13-16-19-22-25-27-29-31-33-35-37-38-40-41-43-45-47-49-51-54-57-60-63-66-69-75(78)81-72-73(71-80-74(77)68-65-62-59-56-53-24-21-18-15-12-9-6-3)82-76(79)70-67-64-61-58-55-52-50-48-46-44-42-39-36-34-32-30-28-26-23-20-17-14-11-8-5-2/h7,10,16,18-19,21,23,25-27,30-33,36-39,41,43,47,49,54,57,73H,4-6,8-9,11-15,17,20,22,24,28-29,34-35,40,42,44-46,48,50-53,55-56,58-72H2,1-3H3/b10-7-,19-16-,21-18-,26-23-,27-25-,32-30-,33-31-,38-37-,39-36-,43-41-,49-47-,57-54-. The number of carbonyl (C=O) groups is 3. The summed E-state index contributed by atoms with van der Waals surface area (Å²) in [5.41, 5.74) is 0. The Balaban J connectivity index is 4.41. The lowest BCUT2D eigenvalue weighted by atomic mass is 10.0. The molecule has 6 heteroatoms. The molecule has 6 nitrogen and oxygen atoms in total. The highest BCUT2D eigenvalue weighted by Crippen LogP contribution is 2.15. The molecule has 0 spiro atoms. The van der Waals surface area contributed by atoms with E-state index in [0.717, 1.165) is 128 Å². The van der Waals surface area contributed by atoms with Crippen molar-refractivity contribution in [2.45, 2.75) is 303 Å². The Bertz CT molecular complexity index is 1780. The van der Waals surface area contributed by atoms with Gasteiger partial charge in [0.2, 0.25) is 0 Å². The van der Waals surface area contributed by atoms with Crippen LogP contribution in [0.25, 0.3) is 0 Å². The molecule has 0 rings (SSSR count). The number of hydrogen-bond acceptors (Lipinski definition) is 6. The molecule has 464 valence electrons. The van der Waals surface area contributed by atoms with Gasteiger partial charge in [-0.15, -0.1) is 0 Å². The number of allylic oxidation sites excluding steroid dienone is 24. The Labute approximate surface area is 506 Å². The second-order valence-corrected chi connectivity index (χ2v) is 22.0. The van der Waals surface area contributed by atoms with Crippen molar-refractivity contribution < 1.29 is 28.6 Å². The van der Waals surface area contributed by atoms with Crippen LogP contribution in [0, 0.1) is 0 Å². The van der Waals surface area contributed by atoms with Crippen LogP contribution in [-0.2, 0) is 28.6 Å². The molecule has 82 heavy (non-hydrogen) atoms. The van der Waals surface area contributed by atoms with E-state index in [9.17, 15) is 14.4 Å². The summed E-state index contributed by atoms with van der Waals surface area (Å²) in [5, 5.41) is 0. The normalized spacial score (nSPS) is 13.1. The van der Waals surface area contributed by atoms with Crippen LogP contribution in [0.4, 0.5) is 0 Å². The maximum atomic E-state index is 12.9. The van der Waals surface area contributed by atoms with Gasteiger partial charge in [-0.05, 0) is 148 Å². The molecule has 0 aliphatic carbocycles. The Morgan fingerprint density at radius 2 is 0.476 bits per heavy atom. The van der Waals surface area contributed by atoms with Gasteiger partial charge in [-0.2, -0.15) is 0 Å². The fourth-order valence-electron chi connectivity index (χ4n) is 8.99. The van der Waals surface area contributed by atoms with E-state index in [4.69, 9.17) is 14.2 Å². The van der Waals surface area contributed by atoms with Gasteiger partial charge in [-0.1, -0.05) is 276 Å². The van der Waals surface area contributed by atoms with Crippen LogP contribution >= 0.6 is 0 Å². The van der Waals surface area contributed by atoms with E-state index in [1.165, 1.54) is 122 Å². The van der Waals surface area contributed by atoms with Gasteiger partial charge in [0.25, 0.3) is 0 Å². The third-order valence-corrected chi connectivity index (χ3v) is 14.0. The van der Waals surface area contributed by atoms with Crippen molar-refractivity contribution in [3.8, 4) is 0 Å². The summed E-state index contributed by atoms with van der Waals surface area (Å²) in [7, 11) is 0. The van der Waals surface area contributed by atoms with Gasteiger partial charge in [0.05, 0.1) is 0 Å². The molecule has 0 saturated heterocycles. The monoisotopic (exact) mass is 1130 g/mol. The van der Waals surface area contributed by atoms with Gasteiger partial charge in [0.1, 0.15) is 13.2 Å². The van der Waals surface area contributed by atoms with Crippen molar-refractivity contribution in [1.29, 1.82) is 0 Å². The molecule has 0 heterocycles. The number of rotatable bonds is 60. The first-order chi connectivity index (χ1) is 40.5. The molecule has 0 aliphatic heterocycles. The average Bonchev–Trinajstić information content (AvgIpc) is 3.47. The highest BCUT2D eigenvalue weighted by Gasteiger charge is 2.19. The highest BCUT2D eigenvalue weighted by atomic mass is 16.6. The average molecular weight is 1130 g/mol. The molecule has 0 bridgehead atoms. The number of unbranched alkanes of at least 4 members (excludes halogenated alkanes) is 25. The van der Waals surface area contributed by atoms with Gasteiger partial charge in [0, 0.05) is 19.3 Å². The summed E-state index contributed by atoms with van der Waals surface area (Å²) in [6, 6.07) is 0. The van der Waals surface area contributed by atoms with E-state index in [2.05, 4.69) is 167 Å². The zero-order chi connectivity index (χ0) is 59.2. The maximum Gasteiger partial charge on any atom is 0.306 e. The highest BCUT2D eigenvalue weighted by molar-refractivity contribution is 5.71. The molecule has 0 aliphatic rings. The van der Waals surface area contributed by atoms with Gasteiger partial charge < -0.3 is 14.2 Å². The molecule has 0 aromatic heterocycles. The van der Waals surface area contributed by atoms with E-state index < -0.39 is 6.10 Å². The Hall–Kier alpha value is -4.71.